The van der Waals surface area contributed by atoms with Crippen molar-refractivity contribution < 1.29 is 19.1 Å². The smallest absolute Gasteiger partial charge is 0.308 e. The number of carbonyl (C=O) groups excluding carboxylic acids is 2. The highest BCUT2D eigenvalue weighted by molar-refractivity contribution is 7.99. The molecule has 0 fully saturated rings. The standard InChI is InChI=1S/C27H25N5O4S/c1-18(20-9-13-24(14-10-20)36-19(2)33)28-29-25(34)17-37-27-31-30-26(21-7-5-4-6-8-21)32(27)22-11-15-23(35-3)16-12-22/h4-16H,17H2,1-3H3,(H,29,34). The van der Waals surface area contributed by atoms with Crippen molar-refractivity contribution in [3.8, 4) is 28.6 Å². The van der Waals surface area contributed by atoms with Crippen LogP contribution in [-0.2, 0) is 9.59 Å². The number of thioether (sulfide) groups is 1. The minimum atomic E-state index is -0.387. The first-order chi connectivity index (χ1) is 17.9. The van der Waals surface area contributed by atoms with Gasteiger partial charge in [0.1, 0.15) is 11.5 Å². The Balaban J connectivity index is 1.47. The van der Waals surface area contributed by atoms with Gasteiger partial charge in [-0.2, -0.15) is 5.10 Å². The fourth-order valence-electron chi connectivity index (χ4n) is 3.40. The Morgan fingerprint density at radius 1 is 0.919 bits per heavy atom. The number of esters is 1. The molecule has 0 saturated carbocycles. The van der Waals surface area contributed by atoms with E-state index in [0.717, 1.165) is 22.6 Å². The summed E-state index contributed by atoms with van der Waals surface area (Å²) in [5, 5.41) is 13.5. The molecule has 0 bridgehead atoms. The number of ether oxygens (including phenoxy) is 2. The molecule has 0 aliphatic carbocycles. The number of amides is 1. The van der Waals surface area contributed by atoms with Crippen LogP contribution in [0.15, 0.2) is 89.1 Å². The monoisotopic (exact) mass is 515 g/mol. The third-order valence-corrected chi connectivity index (χ3v) is 6.14. The fourth-order valence-corrected chi connectivity index (χ4v) is 4.15. The molecule has 0 saturated heterocycles. The van der Waals surface area contributed by atoms with Crippen molar-refractivity contribution in [3.05, 3.63) is 84.4 Å². The summed E-state index contributed by atoms with van der Waals surface area (Å²) in [5.41, 5.74) is 5.73. The van der Waals surface area contributed by atoms with Gasteiger partial charge in [-0.3, -0.25) is 14.2 Å². The second-order valence-electron chi connectivity index (χ2n) is 7.84. The van der Waals surface area contributed by atoms with E-state index in [9.17, 15) is 9.59 Å². The number of carbonyl (C=O) groups is 2. The molecule has 1 N–H and O–H groups in total. The van der Waals surface area contributed by atoms with Crippen LogP contribution < -0.4 is 14.9 Å². The predicted octanol–water partition coefficient (Wildman–Crippen LogP) is 4.50. The third kappa shape index (κ3) is 6.62. The normalized spacial score (nSPS) is 11.2. The van der Waals surface area contributed by atoms with Crippen LogP contribution in [0.3, 0.4) is 0 Å². The first kappa shape index (κ1) is 25.6. The van der Waals surface area contributed by atoms with Gasteiger partial charge in [0.2, 0.25) is 0 Å². The maximum Gasteiger partial charge on any atom is 0.308 e. The second kappa shape index (κ2) is 12.0. The highest BCUT2D eigenvalue weighted by Gasteiger charge is 2.17. The predicted molar refractivity (Wildman–Crippen MR) is 142 cm³/mol. The number of nitrogens with zero attached hydrogens (tertiary/aromatic N) is 4. The molecule has 37 heavy (non-hydrogen) atoms. The lowest BCUT2D eigenvalue weighted by Crippen LogP contribution is -2.21. The second-order valence-corrected chi connectivity index (χ2v) is 8.79. The van der Waals surface area contributed by atoms with Crippen molar-refractivity contribution in [2.45, 2.75) is 19.0 Å². The molecule has 1 amide bonds. The Bertz CT molecular complexity index is 1400. The molecule has 0 spiro atoms. The van der Waals surface area contributed by atoms with Gasteiger partial charge in [0.25, 0.3) is 5.91 Å². The minimum Gasteiger partial charge on any atom is -0.497 e. The lowest BCUT2D eigenvalue weighted by atomic mass is 10.1. The van der Waals surface area contributed by atoms with Gasteiger partial charge in [-0.25, -0.2) is 5.43 Å². The number of aromatic nitrogens is 3. The quantitative estimate of drug-likeness (QED) is 0.115. The zero-order valence-corrected chi connectivity index (χ0v) is 21.4. The molecular formula is C27H25N5O4S. The van der Waals surface area contributed by atoms with Gasteiger partial charge in [0.05, 0.1) is 18.6 Å². The first-order valence-electron chi connectivity index (χ1n) is 11.3. The van der Waals surface area contributed by atoms with Crippen LogP contribution in [0.4, 0.5) is 0 Å². The summed E-state index contributed by atoms with van der Waals surface area (Å²) in [6.07, 6.45) is 0. The summed E-state index contributed by atoms with van der Waals surface area (Å²) in [6, 6.07) is 24.2. The van der Waals surface area contributed by atoms with Gasteiger partial charge < -0.3 is 9.47 Å². The highest BCUT2D eigenvalue weighted by atomic mass is 32.2. The number of hydrazone groups is 1. The number of hydrogen-bond donors (Lipinski definition) is 1. The van der Waals surface area contributed by atoms with Gasteiger partial charge >= 0.3 is 5.97 Å². The Morgan fingerprint density at radius 3 is 2.24 bits per heavy atom. The van der Waals surface area contributed by atoms with E-state index in [1.807, 2.05) is 59.2 Å². The summed E-state index contributed by atoms with van der Waals surface area (Å²) < 4.78 is 12.2. The van der Waals surface area contributed by atoms with Crippen molar-refractivity contribution in [2.24, 2.45) is 5.10 Å². The number of rotatable bonds is 9. The molecular weight excluding hydrogens is 490 g/mol. The Kier molecular flexibility index (Phi) is 8.32. The molecule has 0 atom stereocenters. The van der Waals surface area contributed by atoms with Crippen LogP contribution >= 0.6 is 11.8 Å². The summed E-state index contributed by atoms with van der Waals surface area (Å²) in [5.74, 6) is 1.26. The molecule has 188 valence electrons. The van der Waals surface area contributed by atoms with Crippen LogP contribution in [0.5, 0.6) is 11.5 Å². The van der Waals surface area contributed by atoms with Crippen LogP contribution in [0.1, 0.15) is 19.4 Å². The van der Waals surface area contributed by atoms with Gasteiger partial charge in [0, 0.05) is 18.2 Å². The Hall–Kier alpha value is -4.44. The first-order valence-corrected chi connectivity index (χ1v) is 12.3. The lowest BCUT2D eigenvalue weighted by Gasteiger charge is -2.11. The Morgan fingerprint density at radius 2 is 1.59 bits per heavy atom. The lowest BCUT2D eigenvalue weighted by molar-refractivity contribution is -0.131. The summed E-state index contributed by atoms with van der Waals surface area (Å²) in [4.78, 5) is 23.6. The van der Waals surface area contributed by atoms with Crippen LogP contribution in [-0.4, -0.2) is 45.2 Å². The van der Waals surface area contributed by atoms with E-state index < -0.39 is 0 Å². The van der Waals surface area contributed by atoms with E-state index >= 15 is 0 Å². The fraction of sp³-hybridized carbons (Fsp3) is 0.148. The van der Waals surface area contributed by atoms with Crippen LogP contribution in [0, 0.1) is 0 Å². The molecule has 4 rings (SSSR count). The zero-order valence-electron chi connectivity index (χ0n) is 20.5. The molecule has 1 heterocycles. The van der Waals surface area contributed by atoms with Crippen LogP contribution in [0.25, 0.3) is 17.1 Å². The molecule has 0 unspecified atom stereocenters. The van der Waals surface area contributed by atoms with Crippen molar-refractivity contribution in [1.29, 1.82) is 0 Å². The van der Waals surface area contributed by atoms with E-state index in [0.29, 0.717) is 22.4 Å². The molecule has 0 aliphatic heterocycles. The van der Waals surface area contributed by atoms with E-state index in [4.69, 9.17) is 9.47 Å². The molecule has 9 nitrogen and oxygen atoms in total. The van der Waals surface area contributed by atoms with Gasteiger partial charge in [-0.15, -0.1) is 10.2 Å². The highest BCUT2D eigenvalue weighted by Crippen LogP contribution is 2.28. The number of nitrogens with one attached hydrogen (secondary N) is 1. The molecule has 4 aromatic rings. The van der Waals surface area contributed by atoms with E-state index in [2.05, 4.69) is 20.7 Å². The molecule has 1 aromatic heterocycles. The molecule has 3 aromatic carbocycles. The van der Waals surface area contributed by atoms with Crippen molar-refractivity contribution >= 4 is 29.4 Å². The average molecular weight is 516 g/mol. The molecule has 0 radical (unpaired) electrons. The van der Waals surface area contributed by atoms with E-state index in [1.165, 1.54) is 18.7 Å². The van der Waals surface area contributed by atoms with Crippen molar-refractivity contribution in [3.63, 3.8) is 0 Å². The van der Waals surface area contributed by atoms with Crippen molar-refractivity contribution in [1.82, 2.24) is 20.2 Å². The summed E-state index contributed by atoms with van der Waals surface area (Å²) >= 11 is 1.26. The molecule has 0 aliphatic rings. The average Bonchev–Trinajstić information content (AvgIpc) is 3.35. The van der Waals surface area contributed by atoms with Gasteiger partial charge in [0.15, 0.2) is 11.0 Å². The zero-order chi connectivity index (χ0) is 26.2. The SMILES string of the molecule is COc1ccc(-n2c(SCC(=O)NN=C(C)c3ccc(OC(C)=O)cc3)nnc2-c2ccccc2)cc1. The largest absolute Gasteiger partial charge is 0.497 e. The summed E-state index contributed by atoms with van der Waals surface area (Å²) in [7, 11) is 1.62. The van der Waals surface area contributed by atoms with Gasteiger partial charge in [-0.05, 0) is 61.0 Å². The van der Waals surface area contributed by atoms with Crippen LogP contribution in [0.2, 0.25) is 0 Å². The minimum absolute atomic E-state index is 0.0885. The third-order valence-electron chi connectivity index (χ3n) is 5.21. The number of methoxy groups -OCH3 is 1. The number of benzene rings is 3. The van der Waals surface area contributed by atoms with E-state index in [-0.39, 0.29) is 17.6 Å². The molecule has 10 heteroatoms. The topological polar surface area (TPSA) is 108 Å². The van der Waals surface area contributed by atoms with E-state index in [1.54, 1.807) is 38.3 Å². The number of hydrogen-bond acceptors (Lipinski definition) is 8. The van der Waals surface area contributed by atoms with Gasteiger partial charge in [-0.1, -0.05) is 42.1 Å². The maximum absolute atomic E-state index is 12.6. The Labute approximate surface area is 218 Å². The van der Waals surface area contributed by atoms with Crippen molar-refractivity contribution in [2.75, 3.05) is 12.9 Å². The summed E-state index contributed by atoms with van der Waals surface area (Å²) in [6.45, 7) is 3.12. The maximum atomic E-state index is 12.6.